The molecule has 0 saturated carbocycles. The molecule has 1 aliphatic heterocycles. The Morgan fingerprint density at radius 1 is 1.59 bits per heavy atom. The van der Waals surface area contributed by atoms with Crippen molar-refractivity contribution in [1.29, 1.82) is 0 Å². The third-order valence-corrected chi connectivity index (χ3v) is 3.57. The Morgan fingerprint density at radius 2 is 2.35 bits per heavy atom. The van der Waals surface area contributed by atoms with Crippen LogP contribution in [0.3, 0.4) is 0 Å². The standard InChI is InChI=1S/C12H14BrFN2O/c13-9-4-3-8(10(14)6-9)7-16-5-1-2-11(16)12(15)17/h3-4,6,11H,1-2,5,7H2,(H2,15,17). The first-order valence-corrected chi connectivity index (χ1v) is 6.34. The third-order valence-electron chi connectivity index (χ3n) is 3.08. The van der Waals surface area contributed by atoms with Gasteiger partial charge in [0.25, 0.3) is 0 Å². The van der Waals surface area contributed by atoms with Gasteiger partial charge in [0.15, 0.2) is 0 Å². The first-order chi connectivity index (χ1) is 8.08. The van der Waals surface area contributed by atoms with E-state index >= 15 is 0 Å². The summed E-state index contributed by atoms with van der Waals surface area (Å²) in [6.07, 6.45) is 1.71. The van der Waals surface area contributed by atoms with Gasteiger partial charge in [-0.05, 0) is 31.5 Å². The maximum absolute atomic E-state index is 13.7. The van der Waals surface area contributed by atoms with E-state index in [0.717, 1.165) is 19.4 Å². The Morgan fingerprint density at radius 3 is 3.00 bits per heavy atom. The highest BCUT2D eigenvalue weighted by Gasteiger charge is 2.29. The molecule has 1 amide bonds. The van der Waals surface area contributed by atoms with Gasteiger partial charge in [0, 0.05) is 16.6 Å². The first kappa shape index (κ1) is 12.5. The normalized spacial score (nSPS) is 20.7. The van der Waals surface area contributed by atoms with Gasteiger partial charge in [-0.25, -0.2) is 4.39 Å². The number of nitrogens with zero attached hydrogens (tertiary/aromatic N) is 1. The lowest BCUT2D eigenvalue weighted by Gasteiger charge is -2.22. The third kappa shape index (κ3) is 2.84. The molecule has 5 heteroatoms. The lowest BCUT2D eigenvalue weighted by molar-refractivity contribution is -0.122. The van der Waals surface area contributed by atoms with E-state index in [1.54, 1.807) is 12.1 Å². The molecule has 0 aromatic heterocycles. The first-order valence-electron chi connectivity index (χ1n) is 5.55. The maximum Gasteiger partial charge on any atom is 0.234 e. The molecular weight excluding hydrogens is 287 g/mol. The van der Waals surface area contributed by atoms with Crippen molar-refractivity contribution in [2.24, 2.45) is 5.73 Å². The van der Waals surface area contributed by atoms with E-state index in [9.17, 15) is 9.18 Å². The van der Waals surface area contributed by atoms with Crippen LogP contribution in [-0.4, -0.2) is 23.4 Å². The smallest absolute Gasteiger partial charge is 0.234 e. The van der Waals surface area contributed by atoms with E-state index in [4.69, 9.17) is 5.73 Å². The number of primary amides is 1. The zero-order valence-electron chi connectivity index (χ0n) is 9.33. The quantitative estimate of drug-likeness (QED) is 0.928. The van der Waals surface area contributed by atoms with Crippen molar-refractivity contribution in [1.82, 2.24) is 4.90 Å². The molecule has 1 atom stereocenters. The van der Waals surface area contributed by atoms with Crippen LogP contribution in [0.15, 0.2) is 22.7 Å². The number of benzene rings is 1. The molecule has 1 aromatic carbocycles. The number of carbonyl (C=O) groups excluding carboxylic acids is 1. The number of likely N-dealkylation sites (tertiary alicyclic amines) is 1. The lowest BCUT2D eigenvalue weighted by atomic mass is 10.1. The molecule has 1 fully saturated rings. The molecule has 3 nitrogen and oxygen atoms in total. The summed E-state index contributed by atoms with van der Waals surface area (Å²) in [5.74, 6) is -0.575. The molecule has 92 valence electrons. The molecule has 1 saturated heterocycles. The van der Waals surface area contributed by atoms with Crippen LogP contribution < -0.4 is 5.73 Å². The Labute approximate surface area is 108 Å². The van der Waals surface area contributed by atoms with Crippen molar-refractivity contribution in [2.75, 3.05) is 6.54 Å². The monoisotopic (exact) mass is 300 g/mol. The van der Waals surface area contributed by atoms with Crippen molar-refractivity contribution in [2.45, 2.75) is 25.4 Å². The Kier molecular flexibility index (Phi) is 3.79. The summed E-state index contributed by atoms with van der Waals surface area (Å²) in [6, 6.07) is 4.71. The predicted molar refractivity (Wildman–Crippen MR) is 66.7 cm³/mol. The second-order valence-corrected chi connectivity index (χ2v) is 5.18. The van der Waals surface area contributed by atoms with Crippen LogP contribution in [0.4, 0.5) is 4.39 Å². The van der Waals surface area contributed by atoms with Crippen LogP contribution in [0.1, 0.15) is 18.4 Å². The van der Waals surface area contributed by atoms with Crippen molar-refractivity contribution in [3.63, 3.8) is 0 Å². The van der Waals surface area contributed by atoms with E-state index in [0.29, 0.717) is 16.6 Å². The van der Waals surface area contributed by atoms with E-state index in [-0.39, 0.29) is 17.8 Å². The van der Waals surface area contributed by atoms with E-state index < -0.39 is 0 Å². The Bertz CT molecular complexity index is 439. The molecule has 17 heavy (non-hydrogen) atoms. The average molecular weight is 301 g/mol. The Hall–Kier alpha value is -0.940. The van der Waals surface area contributed by atoms with Gasteiger partial charge in [0.1, 0.15) is 5.82 Å². The van der Waals surface area contributed by atoms with Crippen LogP contribution in [0, 0.1) is 5.82 Å². The van der Waals surface area contributed by atoms with Crippen LogP contribution in [0.5, 0.6) is 0 Å². The minimum Gasteiger partial charge on any atom is -0.368 e. The SMILES string of the molecule is NC(=O)C1CCCN1Cc1ccc(Br)cc1F. The molecule has 0 bridgehead atoms. The van der Waals surface area contributed by atoms with E-state index in [1.807, 2.05) is 4.90 Å². The minimum absolute atomic E-state index is 0.252. The minimum atomic E-state index is -0.319. The number of hydrogen-bond donors (Lipinski definition) is 1. The maximum atomic E-state index is 13.7. The molecule has 0 spiro atoms. The van der Waals surface area contributed by atoms with Crippen molar-refractivity contribution in [3.8, 4) is 0 Å². The van der Waals surface area contributed by atoms with Gasteiger partial charge < -0.3 is 5.73 Å². The molecular formula is C12H14BrFN2O. The summed E-state index contributed by atoms with van der Waals surface area (Å²) < 4.78 is 14.4. The van der Waals surface area contributed by atoms with Gasteiger partial charge in [0.2, 0.25) is 5.91 Å². The largest absolute Gasteiger partial charge is 0.368 e. The van der Waals surface area contributed by atoms with Crippen molar-refractivity contribution < 1.29 is 9.18 Å². The van der Waals surface area contributed by atoms with Crippen LogP contribution in [0.25, 0.3) is 0 Å². The zero-order chi connectivity index (χ0) is 12.4. The molecule has 0 aliphatic carbocycles. The number of hydrogen-bond acceptors (Lipinski definition) is 2. The van der Waals surface area contributed by atoms with Crippen LogP contribution in [-0.2, 0) is 11.3 Å². The highest BCUT2D eigenvalue weighted by atomic mass is 79.9. The summed E-state index contributed by atoms with van der Waals surface area (Å²) in [5.41, 5.74) is 5.92. The molecule has 1 heterocycles. The molecule has 1 aliphatic rings. The molecule has 2 N–H and O–H groups in total. The van der Waals surface area contributed by atoms with Crippen LogP contribution >= 0.6 is 15.9 Å². The van der Waals surface area contributed by atoms with Crippen molar-refractivity contribution in [3.05, 3.63) is 34.1 Å². The van der Waals surface area contributed by atoms with Gasteiger partial charge in [-0.2, -0.15) is 0 Å². The average Bonchev–Trinajstić information content (AvgIpc) is 2.70. The summed E-state index contributed by atoms with van der Waals surface area (Å²) >= 11 is 3.22. The molecule has 1 aromatic rings. The summed E-state index contributed by atoms with van der Waals surface area (Å²) in [5, 5.41) is 0. The predicted octanol–water partition coefficient (Wildman–Crippen LogP) is 2.04. The number of halogens is 2. The Balaban J connectivity index is 2.12. The van der Waals surface area contributed by atoms with Gasteiger partial charge in [0.05, 0.1) is 6.04 Å². The summed E-state index contributed by atoms with van der Waals surface area (Å²) in [4.78, 5) is 13.2. The highest BCUT2D eigenvalue weighted by molar-refractivity contribution is 9.10. The summed E-state index contributed by atoms with van der Waals surface area (Å²) in [6.45, 7) is 1.23. The van der Waals surface area contributed by atoms with E-state index in [2.05, 4.69) is 15.9 Å². The fourth-order valence-corrected chi connectivity index (χ4v) is 2.54. The number of amides is 1. The van der Waals surface area contributed by atoms with Gasteiger partial charge in [-0.3, -0.25) is 9.69 Å². The number of nitrogens with two attached hydrogens (primary N) is 1. The summed E-state index contributed by atoms with van der Waals surface area (Å²) in [7, 11) is 0. The highest BCUT2D eigenvalue weighted by Crippen LogP contribution is 2.22. The van der Waals surface area contributed by atoms with Gasteiger partial charge in [-0.1, -0.05) is 22.0 Å². The molecule has 1 unspecified atom stereocenters. The fourth-order valence-electron chi connectivity index (χ4n) is 2.21. The van der Waals surface area contributed by atoms with Crippen molar-refractivity contribution >= 4 is 21.8 Å². The number of carbonyl (C=O) groups is 1. The second kappa shape index (κ2) is 5.14. The second-order valence-electron chi connectivity index (χ2n) is 4.27. The lowest BCUT2D eigenvalue weighted by Crippen LogP contribution is -2.39. The zero-order valence-corrected chi connectivity index (χ0v) is 10.9. The molecule has 0 radical (unpaired) electrons. The van der Waals surface area contributed by atoms with Gasteiger partial charge >= 0.3 is 0 Å². The fraction of sp³-hybridized carbons (Fsp3) is 0.417. The topological polar surface area (TPSA) is 46.3 Å². The van der Waals surface area contributed by atoms with Gasteiger partial charge in [-0.15, -0.1) is 0 Å². The van der Waals surface area contributed by atoms with Crippen LogP contribution in [0.2, 0.25) is 0 Å². The van der Waals surface area contributed by atoms with E-state index in [1.165, 1.54) is 6.07 Å². The number of rotatable bonds is 3. The molecule has 2 rings (SSSR count).